The van der Waals surface area contributed by atoms with Crippen molar-refractivity contribution < 1.29 is 4.52 Å². The van der Waals surface area contributed by atoms with Crippen molar-refractivity contribution in [2.45, 2.75) is 32.6 Å². The molecule has 1 aliphatic rings. The summed E-state index contributed by atoms with van der Waals surface area (Å²) in [5.74, 6) is 1.51. The lowest BCUT2D eigenvalue weighted by molar-refractivity contribution is 0.380. The van der Waals surface area contributed by atoms with Gasteiger partial charge in [0.2, 0.25) is 0 Å². The Labute approximate surface area is 95.6 Å². The molecule has 0 bridgehead atoms. The Bertz CT molecular complexity index is 450. The molecular formula is C13H16N2O. The van der Waals surface area contributed by atoms with E-state index in [0.29, 0.717) is 5.92 Å². The van der Waals surface area contributed by atoms with Crippen LogP contribution in [-0.2, 0) is 0 Å². The fourth-order valence-electron chi connectivity index (χ4n) is 1.73. The van der Waals surface area contributed by atoms with E-state index in [1.165, 1.54) is 12.8 Å². The molecule has 0 amide bonds. The number of hydrogen-bond donors (Lipinski definition) is 0. The molecule has 1 aromatic heterocycles. The van der Waals surface area contributed by atoms with Gasteiger partial charge in [-0.1, -0.05) is 17.3 Å². The van der Waals surface area contributed by atoms with Crippen molar-refractivity contribution in [3.05, 3.63) is 35.2 Å². The Kier molecular flexibility index (Phi) is 3.04. The van der Waals surface area contributed by atoms with Crippen LogP contribution in [0.4, 0.5) is 0 Å². The van der Waals surface area contributed by atoms with Crippen LogP contribution in [0.25, 0.3) is 5.70 Å². The summed E-state index contributed by atoms with van der Waals surface area (Å²) in [6, 6.07) is 0. The molecule has 0 radical (unpaired) electrons. The first-order valence-corrected chi connectivity index (χ1v) is 5.54. The lowest BCUT2D eigenvalue weighted by atomic mass is 10.1. The molecule has 84 valence electrons. The van der Waals surface area contributed by atoms with Crippen molar-refractivity contribution in [2.75, 3.05) is 0 Å². The molecular weight excluding hydrogens is 200 g/mol. The number of aromatic nitrogens is 1. The van der Waals surface area contributed by atoms with E-state index in [1.54, 1.807) is 0 Å². The smallest absolute Gasteiger partial charge is 0.149 e. The normalized spacial score (nSPS) is 17.0. The SMILES string of the molecule is C=N/C(=C\C=C/C)c1c(C)noc1C1CC1. The summed E-state index contributed by atoms with van der Waals surface area (Å²) in [4.78, 5) is 4.06. The number of rotatable bonds is 4. The first-order chi connectivity index (χ1) is 7.77. The summed E-state index contributed by atoms with van der Waals surface area (Å²) >= 11 is 0. The zero-order valence-electron chi connectivity index (χ0n) is 9.73. The van der Waals surface area contributed by atoms with Gasteiger partial charge >= 0.3 is 0 Å². The molecule has 0 N–H and O–H groups in total. The molecule has 3 nitrogen and oxygen atoms in total. The highest BCUT2D eigenvalue weighted by atomic mass is 16.5. The second kappa shape index (κ2) is 4.47. The third-order valence-corrected chi connectivity index (χ3v) is 2.71. The van der Waals surface area contributed by atoms with Crippen LogP contribution in [0.5, 0.6) is 0 Å². The van der Waals surface area contributed by atoms with Crippen LogP contribution in [0.2, 0.25) is 0 Å². The Hall–Kier alpha value is -1.64. The highest BCUT2D eigenvalue weighted by Gasteiger charge is 2.32. The minimum Gasteiger partial charge on any atom is -0.360 e. The molecule has 0 saturated heterocycles. The number of allylic oxidation sites excluding steroid dienone is 3. The minimum absolute atomic E-state index is 0.534. The van der Waals surface area contributed by atoms with Gasteiger partial charge < -0.3 is 4.52 Å². The molecule has 1 aliphatic carbocycles. The van der Waals surface area contributed by atoms with Crippen molar-refractivity contribution >= 4 is 12.4 Å². The van der Waals surface area contributed by atoms with Gasteiger partial charge in [-0.2, -0.15) is 0 Å². The molecule has 1 aromatic rings. The molecule has 1 heterocycles. The molecule has 0 unspecified atom stereocenters. The molecule has 0 aromatic carbocycles. The second-order valence-electron chi connectivity index (χ2n) is 4.02. The van der Waals surface area contributed by atoms with Crippen molar-refractivity contribution in [3.63, 3.8) is 0 Å². The van der Waals surface area contributed by atoms with Gasteiger partial charge in [-0.3, -0.25) is 4.99 Å². The van der Waals surface area contributed by atoms with E-state index in [2.05, 4.69) is 16.9 Å². The van der Waals surface area contributed by atoms with Crippen molar-refractivity contribution in [1.82, 2.24) is 5.16 Å². The average Bonchev–Trinajstić information content (AvgIpc) is 3.06. The number of aryl methyl sites for hydroxylation is 1. The number of aliphatic imine (C=N–C) groups is 1. The summed E-state index contributed by atoms with van der Waals surface area (Å²) in [6.07, 6.45) is 8.24. The topological polar surface area (TPSA) is 38.4 Å². The predicted molar refractivity (Wildman–Crippen MR) is 65.6 cm³/mol. The van der Waals surface area contributed by atoms with Gasteiger partial charge in [-0.15, -0.1) is 0 Å². The molecule has 0 spiro atoms. The fraction of sp³-hybridized carbons (Fsp3) is 0.385. The lowest BCUT2D eigenvalue weighted by Crippen LogP contribution is -1.88. The van der Waals surface area contributed by atoms with Crippen LogP contribution in [-0.4, -0.2) is 11.9 Å². The second-order valence-corrected chi connectivity index (χ2v) is 4.02. The minimum atomic E-state index is 0.534. The largest absolute Gasteiger partial charge is 0.360 e. The number of hydrogen-bond acceptors (Lipinski definition) is 3. The van der Waals surface area contributed by atoms with Crippen LogP contribution < -0.4 is 0 Å². The van der Waals surface area contributed by atoms with Crippen molar-refractivity contribution in [1.29, 1.82) is 0 Å². The Morgan fingerprint density at radius 1 is 1.56 bits per heavy atom. The van der Waals surface area contributed by atoms with E-state index in [1.807, 2.05) is 32.1 Å². The van der Waals surface area contributed by atoms with Gasteiger partial charge in [-0.05, 0) is 39.5 Å². The Morgan fingerprint density at radius 3 is 2.88 bits per heavy atom. The van der Waals surface area contributed by atoms with Crippen LogP contribution in [0.15, 0.2) is 27.7 Å². The monoisotopic (exact) mass is 216 g/mol. The summed E-state index contributed by atoms with van der Waals surface area (Å²) in [7, 11) is 0. The van der Waals surface area contributed by atoms with E-state index in [4.69, 9.17) is 4.52 Å². The van der Waals surface area contributed by atoms with Crippen LogP contribution in [0, 0.1) is 6.92 Å². The zero-order chi connectivity index (χ0) is 11.5. The Balaban J connectivity index is 2.43. The van der Waals surface area contributed by atoms with Gasteiger partial charge in [0, 0.05) is 5.92 Å². The molecule has 2 rings (SSSR count). The maximum absolute atomic E-state index is 5.38. The maximum Gasteiger partial charge on any atom is 0.149 e. The molecule has 1 fully saturated rings. The lowest BCUT2D eigenvalue weighted by Gasteiger charge is -2.00. The van der Waals surface area contributed by atoms with E-state index in [-0.39, 0.29) is 0 Å². The van der Waals surface area contributed by atoms with Gasteiger partial charge in [0.25, 0.3) is 0 Å². The van der Waals surface area contributed by atoms with Crippen molar-refractivity contribution in [2.24, 2.45) is 4.99 Å². The first-order valence-electron chi connectivity index (χ1n) is 5.54. The van der Waals surface area contributed by atoms with Crippen LogP contribution >= 0.6 is 0 Å². The quantitative estimate of drug-likeness (QED) is 0.571. The molecule has 0 atom stereocenters. The zero-order valence-corrected chi connectivity index (χ0v) is 9.73. The van der Waals surface area contributed by atoms with E-state index >= 15 is 0 Å². The highest BCUT2D eigenvalue weighted by molar-refractivity contribution is 5.72. The van der Waals surface area contributed by atoms with Gasteiger partial charge in [0.15, 0.2) is 0 Å². The fourth-order valence-corrected chi connectivity index (χ4v) is 1.73. The van der Waals surface area contributed by atoms with Crippen molar-refractivity contribution in [3.8, 4) is 0 Å². The van der Waals surface area contributed by atoms with Crippen LogP contribution in [0.3, 0.4) is 0 Å². The first kappa shape index (κ1) is 10.9. The number of nitrogens with zero attached hydrogens (tertiary/aromatic N) is 2. The van der Waals surface area contributed by atoms with Crippen LogP contribution in [0.1, 0.15) is 42.7 Å². The predicted octanol–water partition coefficient (Wildman–Crippen LogP) is 3.48. The summed E-state index contributed by atoms with van der Waals surface area (Å²) in [6.45, 7) is 7.53. The third kappa shape index (κ3) is 1.98. The standard InChI is InChI=1S/C13H16N2O/c1-4-5-6-11(14-3)12-9(2)15-16-13(12)10-7-8-10/h4-6,10H,3,7-8H2,1-2H3/b5-4-,11-6-. The summed E-state index contributed by atoms with van der Waals surface area (Å²) < 4.78 is 5.38. The van der Waals surface area contributed by atoms with E-state index in [0.717, 1.165) is 22.7 Å². The molecule has 1 saturated carbocycles. The molecule has 16 heavy (non-hydrogen) atoms. The highest BCUT2D eigenvalue weighted by Crippen LogP contribution is 2.44. The van der Waals surface area contributed by atoms with Gasteiger partial charge in [-0.25, -0.2) is 0 Å². The maximum atomic E-state index is 5.38. The molecule has 0 aliphatic heterocycles. The van der Waals surface area contributed by atoms with E-state index < -0.39 is 0 Å². The molecule has 3 heteroatoms. The average molecular weight is 216 g/mol. The van der Waals surface area contributed by atoms with Gasteiger partial charge in [0.1, 0.15) is 5.76 Å². The third-order valence-electron chi connectivity index (χ3n) is 2.71. The summed E-state index contributed by atoms with van der Waals surface area (Å²) in [5, 5.41) is 4.03. The van der Waals surface area contributed by atoms with Gasteiger partial charge in [0.05, 0.1) is 17.0 Å². The van der Waals surface area contributed by atoms with E-state index in [9.17, 15) is 0 Å². The summed E-state index contributed by atoms with van der Waals surface area (Å²) in [5.41, 5.74) is 2.76. The Morgan fingerprint density at radius 2 is 2.31 bits per heavy atom.